The van der Waals surface area contributed by atoms with Crippen molar-refractivity contribution >= 4 is 0 Å². The van der Waals surface area contributed by atoms with Crippen LogP contribution in [0.15, 0.2) is 0 Å². The van der Waals surface area contributed by atoms with E-state index in [0.29, 0.717) is 0 Å². The fourth-order valence-electron chi connectivity index (χ4n) is 2.22. The van der Waals surface area contributed by atoms with Crippen molar-refractivity contribution in [2.24, 2.45) is 11.8 Å². The Hall–Kier alpha value is -0.480. The minimum absolute atomic E-state index is 0.944. The van der Waals surface area contributed by atoms with Gasteiger partial charge in [0.05, 0.1) is 0 Å². The molecule has 0 bridgehead atoms. The van der Waals surface area contributed by atoms with Gasteiger partial charge in [-0.15, -0.1) is 12.3 Å². The van der Waals surface area contributed by atoms with Gasteiger partial charge in [0.15, 0.2) is 0 Å². The highest BCUT2D eigenvalue weighted by Crippen LogP contribution is 2.37. The first-order valence-corrected chi connectivity index (χ1v) is 6.02. The van der Waals surface area contributed by atoms with Crippen LogP contribution in [0, 0.1) is 24.2 Å². The zero-order valence-electron chi connectivity index (χ0n) is 9.39. The first-order chi connectivity index (χ1) is 6.88. The quantitative estimate of drug-likeness (QED) is 0.484. The molecule has 0 aromatic carbocycles. The molecule has 1 heteroatoms. The van der Waals surface area contributed by atoms with Gasteiger partial charge in [-0.25, -0.2) is 0 Å². The Morgan fingerprint density at radius 2 is 2.14 bits per heavy atom. The molecule has 0 aromatic heterocycles. The van der Waals surface area contributed by atoms with E-state index in [0.717, 1.165) is 18.3 Å². The van der Waals surface area contributed by atoms with Gasteiger partial charge in [0.2, 0.25) is 0 Å². The maximum atomic E-state index is 5.24. The highest BCUT2D eigenvalue weighted by Gasteiger charge is 2.29. The number of rotatable bonds is 7. The van der Waals surface area contributed by atoms with Gasteiger partial charge < -0.3 is 5.32 Å². The summed E-state index contributed by atoms with van der Waals surface area (Å²) in [5.41, 5.74) is 0. The van der Waals surface area contributed by atoms with Crippen molar-refractivity contribution in [2.45, 2.75) is 45.4 Å². The standard InChI is InChI=1S/C13H23N/c1-3-5-6-7-12-8-9-13(12)11-14-10-4-2/h1,12-14H,4-11H2,2H3. The Kier molecular flexibility index (Phi) is 5.71. The zero-order chi connectivity index (χ0) is 10.2. The predicted molar refractivity (Wildman–Crippen MR) is 62.1 cm³/mol. The van der Waals surface area contributed by atoms with Crippen molar-refractivity contribution in [2.75, 3.05) is 13.1 Å². The third-order valence-corrected chi connectivity index (χ3v) is 3.30. The van der Waals surface area contributed by atoms with E-state index in [2.05, 4.69) is 18.2 Å². The molecule has 2 atom stereocenters. The van der Waals surface area contributed by atoms with Gasteiger partial charge in [-0.1, -0.05) is 6.92 Å². The molecule has 1 rings (SSSR count). The lowest BCUT2D eigenvalue weighted by Crippen LogP contribution is -2.35. The van der Waals surface area contributed by atoms with Gasteiger partial charge >= 0.3 is 0 Å². The van der Waals surface area contributed by atoms with Crippen molar-refractivity contribution in [3.8, 4) is 12.3 Å². The molecule has 0 aliphatic heterocycles. The van der Waals surface area contributed by atoms with Gasteiger partial charge in [0.25, 0.3) is 0 Å². The largest absolute Gasteiger partial charge is 0.316 e. The van der Waals surface area contributed by atoms with Crippen LogP contribution in [0.2, 0.25) is 0 Å². The molecule has 0 aromatic rings. The molecule has 1 N–H and O–H groups in total. The van der Waals surface area contributed by atoms with Crippen molar-refractivity contribution in [1.82, 2.24) is 5.32 Å². The smallest absolute Gasteiger partial charge is 0.00861 e. The normalized spacial score (nSPS) is 25.4. The second kappa shape index (κ2) is 6.90. The lowest BCUT2D eigenvalue weighted by molar-refractivity contribution is 0.158. The van der Waals surface area contributed by atoms with Crippen LogP contribution in [0.3, 0.4) is 0 Å². The summed E-state index contributed by atoms with van der Waals surface area (Å²) in [6.45, 7) is 4.63. The topological polar surface area (TPSA) is 12.0 Å². The van der Waals surface area contributed by atoms with Crippen LogP contribution in [0.1, 0.15) is 45.4 Å². The summed E-state index contributed by atoms with van der Waals surface area (Å²) in [7, 11) is 0. The molecule has 1 aliphatic carbocycles. The molecule has 14 heavy (non-hydrogen) atoms. The second-order valence-corrected chi connectivity index (χ2v) is 4.40. The van der Waals surface area contributed by atoms with E-state index >= 15 is 0 Å². The monoisotopic (exact) mass is 193 g/mol. The number of nitrogens with one attached hydrogen (secondary N) is 1. The molecule has 0 heterocycles. The van der Waals surface area contributed by atoms with Crippen LogP contribution < -0.4 is 5.32 Å². The second-order valence-electron chi connectivity index (χ2n) is 4.40. The van der Waals surface area contributed by atoms with Gasteiger partial charge in [-0.05, 0) is 57.0 Å². The van der Waals surface area contributed by atoms with E-state index in [4.69, 9.17) is 6.42 Å². The number of unbranched alkanes of at least 4 members (excludes halogenated alkanes) is 1. The third-order valence-electron chi connectivity index (χ3n) is 3.30. The summed E-state index contributed by atoms with van der Waals surface area (Å²) < 4.78 is 0. The van der Waals surface area contributed by atoms with Gasteiger partial charge in [0.1, 0.15) is 0 Å². The summed E-state index contributed by atoms with van der Waals surface area (Å²) in [5, 5.41) is 3.52. The fraction of sp³-hybridized carbons (Fsp3) is 0.846. The average molecular weight is 193 g/mol. The Labute approximate surface area is 88.7 Å². The van der Waals surface area contributed by atoms with Crippen LogP contribution in [0.4, 0.5) is 0 Å². The van der Waals surface area contributed by atoms with Crippen LogP contribution in [0.5, 0.6) is 0 Å². The Bertz CT molecular complexity index is 180. The van der Waals surface area contributed by atoms with Crippen LogP contribution in [0.25, 0.3) is 0 Å². The van der Waals surface area contributed by atoms with Crippen LogP contribution in [-0.4, -0.2) is 13.1 Å². The number of hydrogen-bond acceptors (Lipinski definition) is 1. The molecule has 0 radical (unpaired) electrons. The summed E-state index contributed by atoms with van der Waals surface area (Å²) in [4.78, 5) is 0. The van der Waals surface area contributed by atoms with E-state index in [1.165, 1.54) is 45.2 Å². The first kappa shape index (κ1) is 11.6. The first-order valence-electron chi connectivity index (χ1n) is 6.02. The van der Waals surface area contributed by atoms with E-state index in [-0.39, 0.29) is 0 Å². The van der Waals surface area contributed by atoms with Gasteiger partial charge in [-0.3, -0.25) is 0 Å². The Morgan fingerprint density at radius 1 is 1.36 bits per heavy atom. The van der Waals surface area contributed by atoms with Crippen molar-refractivity contribution in [3.63, 3.8) is 0 Å². The fourth-order valence-corrected chi connectivity index (χ4v) is 2.22. The predicted octanol–water partition coefficient (Wildman–Crippen LogP) is 2.82. The van der Waals surface area contributed by atoms with Gasteiger partial charge in [-0.2, -0.15) is 0 Å². The van der Waals surface area contributed by atoms with Crippen LogP contribution >= 0.6 is 0 Å². The number of terminal acetylenes is 1. The lowest BCUT2D eigenvalue weighted by atomic mass is 9.71. The lowest BCUT2D eigenvalue weighted by Gasteiger charge is -2.37. The van der Waals surface area contributed by atoms with E-state index in [9.17, 15) is 0 Å². The summed E-state index contributed by atoms with van der Waals surface area (Å²) in [5.74, 6) is 4.63. The highest BCUT2D eigenvalue weighted by atomic mass is 14.9. The Balaban J connectivity index is 2.01. The van der Waals surface area contributed by atoms with Crippen molar-refractivity contribution in [1.29, 1.82) is 0 Å². The molecule has 0 saturated heterocycles. The molecular weight excluding hydrogens is 170 g/mol. The molecule has 0 amide bonds. The summed E-state index contributed by atoms with van der Waals surface area (Å²) >= 11 is 0. The maximum Gasteiger partial charge on any atom is 0.00861 e. The number of hydrogen-bond donors (Lipinski definition) is 1. The molecule has 1 nitrogen and oxygen atoms in total. The van der Waals surface area contributed by atoms with E-state index in [1.54, 1.807) is 0 Å². The highest BCUT2D eigenvalue weighted by molar-refractivity contribution is 4.86. The summed E-state index contributed by atoms with van der Waals surface area (Å²) in [6.07, 6.45) is 12.9. The van der Waals surface area contributed by atoms with Crippen molar-refractivity contribution in [3.05, 3.63) is 0 Å². The summed E-state index contributed by atoms with van der Waals surface area (Å²) in [6, 6.07) is 0. The van der Waals surface area contributed by atoms with Crippen molar-refractivity contribution < 1.29 is 0 Å². The molecule has 1 saturated carbocycles. The Morgan fingerprint density at radius 3 is 2.71 bits per heavy atom. The molecule has 2 unspecified atom stereocenters. The molecule has 80 valence electrons. The molecular formula is C13H23N. The average Bonchev–Trinajstić information content (AvgIpc) is 2.17. The van der Waals surface area contributed by atoms with E-state index in [1.807, 2.05) is 0 Å². The van der Waals surface area contributed by atoms with Gasteiger partial charge in [0, 0.05) is 6.42 Å². The minimum Gasteiger partial charge on any atom is -0.316 e. The zero-order valence-corrected chi connectivity index (χ0v) is 9.39. The molecule has 1 aliphatic rings. The molecule has 1 fully saturated rings. The SMILES string of the molecule is C#CCCCC1CCC1CNCCC. The third kappa shape index (κ3) is 3.72. The maximum absolute atomic E-state index is 5.24. The molecule has 0 spiro atoms. The van der Waals surface area contributed by atoms with Crippen LogP contribution in [-0.2, 0) is 0 Å². The van der Waals surface area contributed by atoms with E-state index < -0.39 is 0 Å². The minimum atomic E-state index is 0.944.